The molecule has 0 saturated carbocycles. The largest absolute Gasteiger partial charge is 0.350 e. The van der Waals surface area contributed by atoms with Gasteiger partial charge in [0.15, 0.2) is 0 Å². The molecule has 3 amide bonds. The van der Waals surface area contributed by atoms with Crippen LogP contribution in [0.3, 0.4) is 0 Å². The normalized spacial score (nSPS) is 11.4. The first-order valence-electron chi connectivity index (χ1n) is 12.6. The highest BCUT2D eigenvalue weighted by Crippen LogP contribution is 2.19. The number of rotatable bonds is 13. The number of carbonyl (C=O) groups is 3. The van der Waals surface area contributed by atoms with Gasteiger partial charge in [-0.1, -0.05) is 54.6 Å². The van der Waals surface area contributed by atoms with E-state index in [1.54, 1.807) is 0 Å². The van der Waals surface area contributed by atoms with Crippen molar-refractivity contribution >= 4 is 23.9 Å². The van der Waals surface area contributed by atoms with Crippen molar-refractivity contribution in [3.05, 3.63) is 89.5 Å². The van der Waals surface area contributed by atoms with E-state index in [0.717, 1.165) is 41.5 Å². The second kappa shape index (κ2) is 13.9. The molecule has 0 spiro atoms. The summed E-state index contributed by atoms with van der Waals surface area (Å²) in [6.07, 6.45) is 3.03. The van der Waals surface area contributed by atoms with Crippen LogP contribution in [0.5, 0.6) is 0 Å². The minimum absolute atomic E-state index is 0.00734. The fourth-order valence-corrected chi connectivity index (χ4v) is 4.06. The number of anilines is 1. The molecule has 0 aliphatic rings. The number of unbranched alkanes of at least 4 members (excludes halogenated alkanes) is 1. The van der Waals surface area contributed by atoms with Crippen molar-refractivity contribution in [2.24, 2.45) is 5.73 Å². The fraction of sp³-hybridized carbons (Fsp3) is 0.300. The lowest BCUT2D eigenvalue weighted by Crippen LogP contribution is -2.34. The Balaban J connectivity index is 1.38. The number of carbonyl (C=O) groups excluding carboxylic acids is 3. The molecule has 0 aliphatic carbocycles. The van der Waals surface area contributed by atoms with Gasteiger partial charge < -0.3 is 21.3 Å². The molecule has 0 saturated heterocycles. The van der Waals surface area contributed by atoms with E-state index in [-0.39, 0.29) is 24.4 Å². The summed E-state index contributed by atoms with van der Waals surface area (Å²) in [4.78, 5) is 38.0. The van der Waals surface area contributed by atoms with E-state index in [1.165, 1.54) is 4.90 Å². The van der Waals surface area contributed by atoms with Gasteiger partial charge in [-0.15, -0.1) is 0 Å². The van der Waals surface area contributed by atoms with Gasteiger partial charge in [-0.05, 0) is 73.6 Å². The van der Waals surface area contributed by atoms with E-state index < -0.39 is 0 Å². The number of benzene rings is 3. The van der Waals surface area contributed by atoms with Gasteiger partial charge in [0.05, 0.1) is 6.54 Å². The minimum atomic E-state index is -0.247. The summed E-state index contributed by atoms with van der Waals surface area (Å²) in [5, 5.41) is 5.90. The lowest BCUT2D eigenvalue weighted by atomic mass is 10.0. The zero-order valence-electron chi connectivity index (χ0n) is 21.6. The van der Waals surface area contributed by atoms with Crippen molar-refractivity contribution in [2.45, 2.75) is 45.7 Å². The van der Waals surface area contributed by atoms with Gasteiger partial charge in [0.25, 0.3) is 5.91 Å². The molecule has 0 radical (unpaired) electrons. The molecule has 0 fully saturated rings. The van der Waals surface area contributed by atoms with Crippen LogP contribution in [0, 0.1) is 6.92 Å². The zero-order valence-corrected chi connectivity index (χ0v) is 21.6. The predicted molar refractivity (Wildman–Crippen MR) is 148 cm³/mol. The third-order valence-corrected chi connectivity index (χ3v) is 6.27. The Morgan fingerprint density at radius 2 is 1.68 bits per heavy atom. The van der Waals surface area contributed by atoms with Gasteiger partial charge in [0, 0.05) is 30.4 Å². The van der Waals surface area contributed by atoms with E-state index in [9.17, 15) is 14.4 Å². The first-order valence-corrected chi connectivity index (χ1v) is 12.6. The van der Waals surface area contributed by atoms with Crippen molar-refractivity contribution < 1.29 is 14.4 Å². The highest BCUT2D eigenvalue weighted by Gasteiger charge is 2.13. The Bertz CT molecular complexity index is 1180. The fourth-order valence-electron chi connectivity index (χ4n) is 4.06. The molecule has 0 bridgehead atoms. The van der Waals surface area contributed by atoms with E-state index in [2.05, 4.69) is 10.6 Å². The molecule has 7 nitrogen and oxygen atoms in total. The Labute approximate surface area is 219 Å². The van der Waals surface area contributed by atoms with Gasteiger partial charge in [-0.25, -0.2) is 0 Å². The van der Waals surface area contributed by atoms with E-state index in [1.807, 2.05) is 86.6 Å². The highest BCUT2D eigenvalue weighted by molar-refractivity contribution is 5.95. The van der Waals surface area contributed by atoms with Crippen LogP contribution in [0.15, 0.2) is 72.8 Å². The van der Waals surface area contributed by atoms with Crippen molar-refractivity contribution in [3.8, 4) is 11.1 Å². The van der Waals surface area contributed by atoms with Crippen LogP contribution in [0.1, 0.15) is 47.7 Å². The number of hydrogen-bond donors (Lipinski definition) is 3. The first-order chi connectivity index (χ1) is 17.9. The monoisotopic (exact) mass is 500 g/mol. The van der Waals surface area contributed by atoms with Crippen molar-refractivity contribution in [3.63, 3.8) is 0 Å². The number of hydrogen-bond acceptors (Lipinski definition) is 4. The third kappa shape index (κ3) is 8.58. The first kappa shape index (κ1) is 27.6. The quantitative estimate of drug-likeness (QED) is 0.237. The summed E-state index contributed by atoms with van der Waals surface area (Å²) in [6.45, 7) is 4.73. The topological polar surface area (TPSA) is 105 Å². The molecule has 3 aromatic rings. The Hall–Kier alpha value is -3.97. The van der Waals surface area contributed by atoms with Crippen LogP contribution in [0.4, 0.5) is 5.69 Å². The molecule has 0 heterocycles. The van der Waals surface area contributed by atoms with Gasteiger partial charge in [0.1, 0.15) is 0 Å². The molecule has 194 valence electrons. The number of nitrogens with one attached hydrogen (secondary N) is 2. The average molecular weight is 501 g/mol. The summed E-state index contributed by atoms with van der Waals surface area (Å²) in [5.74, 6) is -0.351. The van der Waals surface area contributed by atoms with Gasteiger partial charge in [-0.3, -0.25) is 14.4 Å². The van der Waals surface area contributed by atoms with Crippen molar-refractivity contribution in [2.75, 3.05) is 18.4 Å². The van der Waals surface area contributed by atoms with E-state index in [4.69, 9.17) is 5.73 Å². The Morgan fingerprint density at radius 1 is 0.973 bits per heavy atom. The lowest BCUT2D eigenvalue weighted by Gasteiger charge is -2.19. The van der Waals surface area contributed by atoms with E-state index >= 15 is 0 Å². The van der Waals surface area contributed by atoms with Gasteiger partial charge in [-0.2, -0.15) is 0 Å². The molecular weight excluding hydrogens is 464 g/mol. The Morgan fingerprint density at radius 3 is 2.35 bits per heavy atom. The summed E-state index contributed by atoms with van der Waals surface area (Å²) in [7, 11) is 0. The smallest absolute Gasteiger partial charge is 0.251 e. The summed E-state index contributed by atoms with van der Waals surface area (Å²) >= 11 is 0. The standard InChI is InChI=1S/C30H36N4O3/c1-22-11-12-24(19-31)18-28(22)33-29(36)20-34(21-35)17-7-6-8-23(2)32-30(37)27-15-13-26(14-16-27)25-9-4-3-5-10-25/h3-5,9-16,18,21,23H,6-8,17,19-20,31H2,1-2H3,(H,32,37)(H,33,36). The maximum Gasteiger partial charge on any atom is 0.251 e. The predicted octanol–water partition coefficient (Wildman–Crippen LogP) is 4.51. The molecular formula is C30H36N4O3. The van der Waals surface area contributed by atoms with Crippen LogP contribution in [0.2, 0.25) is 0 Å². The lowest BCUT2D eigenvalue weighted by molar-refractivity contribution is -0.125. The number of aryl methyl sites for hydroxylation is 1. The number of nitrogens with two attached hydrogens (primary N) is 1. The number of amides is 3. The van der Waals surface area contributed by atoms with Crippen LogP contribution in [0.25, 0.3) is 11.1 Å². The maximum absolute atomic E-state index is 12.6. The molecule has 0 aliphatic heterocycles. The molecule has 7 heteroatoms. The highest BCUT2D eigenvalue weighted by atomic mass is 16.2. The summed E-state index contributed by atoms with van der Waals surface area (Å²) in [5.41, 5.74) is 11.1. The van der Waals surface area contributed by atoms with Gasteiger partial charge >= 0.3 is 0 Å². The molecule has 0 aromatic heterocycles. The molecule has 37 heavy (non-hydrogen) atoms. The van der Waals surface area contributed by atoms with E-state index in [0.29, 0.717) is 30.8 Å². The van der Waals surface area contributed by atoms with Crippen LogP contribution in [-0.4, -0.2) is 42.3 Å². The molecule has 3 aromatic carbocycles. The van der Waals surface area contributed by atoms with Crippen LogP contribution in [-0.2, 0) is 16.1 Å². The number of nitrogens with zero attached hydrogens (tertiary/aromatic N) is 1. The maximum atomic E-state index is 12.6. The minimum Gasteiger partial charge on any atom is -0.350 e. The summed E-state index contributed by atoms with van der Waals surface area (Å²) in [6, 6.07) is 23.3. The molecule has 1 atom stereocenters. The molecule has 4 N–H and O–H groups in total. The average Bonchev–Trinajstić information content (AvgIpc) is 2.92. The second-order valence-electron chi connectivity index (χ2n) is 9.29. The van der Waals surface area contributed by atoms with Crippen molar-refractivity contribution in [1.82, 2.24) is 10.2 Å². The van der Waals surface area contributed by atoms with Crippen LogP contribution >= 0.6 is 0 Å². The summed E-state index contributed by atoms with van der Waals surface area (Å²) < 4.78 is 0. The SMILES string of the molecule is Cc1ccc(CN)cc1NC(=O)CN(C=O)CCCCC(C)NC(=O)c1ccc(-c2ccccc2)cc1. The second-order valence-corrected chi connectivity index (χ2v) is 9.29. The third-order valence-electron chi connectivity index (χ3n) is 6.27. The van der Waals surface area contributed by atoms with Crippen LogP contribution < -0.4 is 16.4 Å². The van der Waals surface area contributed by atoms with Gasteiger partial charge in [0.2, 0.25) is 12.3 Å². The molecule has 1 unspecified atom stereocenters. The molecule has 3 rings (SSSR count). The zero-order chi connectivity index (χ0) is 26.6. The van der Waals surface area contributed by atoms with Crippen molar-refractivity contribution in [1.29, 1.82) is 0 Å². The Kier molecular flexibility index (Phi) is 10.4.